The highest BCUT2D eigenvalue weighted by molar-refractivity contribution is 7.20. The van der Waals surface area contributed by atoms with Gasteiger partial charge in [-0.2, -0.15) is 0 Å². The van der Waals surface area contributed by atoms with Gasteiger partial charge in [0.25, 0.3) is 0 Å². The predicted octanol–water partition coefficient (Wildman–Crippen LogP) is 21.2. The second-order valence-corrected chi connectivity index (χ2v) is 30.1. The third-order valence-electron chi connectivity index (χ3n) is 20.5. The molecule has 0 aliphatic carbocycles. The van der Waals surface area contributed by atoms with Gasteiger partial charge in [0.05, 0.1) is 56.2 Å². The molecule has 0 atom stereocenters. The third-order valence-corrected chi connectivity index (χ3v) is 25.3. The Morgan fingerprint density at radius 3 is 0.932 bits per heavy atom. The molecule has 12 aromatic carbocycles. The van der Waals surface area contributed by atoms with Crippen LogP contribution in [0.25, 0.3) is 177 Å². The minimum absolute atomic E-state index is 0.759. The molecule has 0 spiro atoms. The van der Waals surface area contributed by atoms with Crippen molar-refractivity contribution in [3.63, 3.8) is 0 Å². The van der Waals surface area contributed by atoms with Crippen molar-refractivity contribution >= 4 is 116 Å². The lowest BCUT2D eigenvalue weighted by molar-refractivity contribution is 0.669. The van der Waals surface area contributed by atoms with Crippen molar-refractivity contribution in [2.24, 2.45) is 0 Å². The largest absolute Gasteiger partial charge is 0.455 e. The van der Waals surface area contributed by atoms with E-state index in [2.05, 4.69) is 279 Å². The van der Waals surface area contributed by atoms with Crippen LogP contribution in [-0.2, 0) is 0 Å². The van der Waals surface area contributed by atoms with Crippen LogP contribution in [0.5, 0.6) is 0 Å². The number of hydrogen-bond acceptors (Lipinski definition) is 8. The van der Waals surface area contributed by atoms with Gasteiger partial charge in [-0.15, -0.1) is 0 Å². The number of nitrogens with zero attached hydrogens (tertiary/aromatic N) is 6. The first-order chi connectivity index (χ1) is 51.1. The van der Waals surface area contributed by atoms with Crippen molar-refractivity contribution in [3.8, 4) is 89.8 Å². The standard InChI is InChI=1S/C94H58N6O2Si/c1-5-25-59(26-6-1)77-57-85(81-43-17-19-51-95-81)99-91-69(77)47-49-71-79(55-83(97-89(71)91)75-41-23-39-73-67-37-13-15-45-87(67)101-93(73)75)61-29-21-35-65(53-61)103(63-31-9-3-10-32-63,64-33-11-4-12-34-64)66-36-22-30-62(54-66)80-56-84(76-42-24-40-74-68-38-14-16-46-88(68)102-94(74)76)98-90-72(80)50-48-70-78(60-27-7-2-8-28-60)58-86(100-92(70)90)82-44-18-20-52-96-82/h1-58H. The third kappa shape index (κ3) is 9.88. The van der Waals surface area contributed by atoms with Crippen LogP contribution in [0.1, 0.15) is 0 Å². The van der Waals surface area contributed by atoms with Crippen molar-refractivity contribution in [1.29, 1.82) is 0 Å². The summed E-state index contributed by atoms with van der Waals surface area (Å²) >= 11 is 0. The molecule has 20 rings (SSSR count). The van der Waals surface area contributed by atoms with Crippen LogP contribution in [0, 0.1) is 0 Å². The molecule has 0 bridgehead atoms. The molecule has 0 fully saturated rings. The topological polar surface area (TPSA) is 104 Å². The lowest BCUT2D eigenvalue weighted by Crippen LogP contribution is -2.74. The van der Waals surface area contributed by atoms with Crippen LogP contribution in [0.3, 0.4) is 0 Å². The Morgan fingerprint density at radius 2 is 0.524 bits per heavy atom. The van der Waals surface area contributed by atoms with Crippen molar-refractivity contribution in [2.45, 2.75) is 0 Å². The smallest absolute Gasteiger partial charge is 0.179 e. The molecule has 8 heterocycles. The van der Waals surface area contributed by atoms with E-state index in [1.165, 1.54) is 20.7 Å². The van der Waals surface area contributed by atoms with E-state index in [4.69, 9.17) is 38.7 Å². The predicted molar refractivity (Wildman–Crippen MR) is 425 cm³/mol. The number of pyridine rings is 6. The minimum Gasteiger partial charge on any atom is -0.455 e. The van der Waals surface area contributed by atoms with E-state index in [-0.39, 0.29) is 0 Å². The fourth-order valence-electron chi connectivity index (χ4n) is 15.8. The van der Waals surface area contributed by atoms with Crippen molar-refractivity contribution in [2.75, 3.05) is 0 Å². The molecule has 0 aliphatic heterocycles. The van der Waals surface area contributed by atoms with Crippen molar-refractivity contribution in [1.82, 2.24) is 29.9 Å². The Morgan fingerprint density at radius 1 is 0.204 bits per heavy atom. The molecule has 0 radical (unpaired) electrons. The van der Waals surface area contributed by atoms with E-state index in [9.17, 15) is 0 Å². The fraction of sp³-hybridized carbons (Fsp3) is 0. The Labute approximate surface area is 593 Å². The van der Waals surface area contributed by atoms with Gasteiger partial charge < -0.3 is 8.83 Å². The normalized spacial score (nSPS) is 11.9. The van der Waals surface area contributed by atoms with Crippen LogP contribution in [0.15, 0.2) is 361 Å². The number of aromatic nitrogens is 6. The SMILES string of the molecule is c1ccc(-c2cc(-c3ccccn3)nc3c2ccc2c(-c4cccc([Si](c5ccccc5)(c5ccccc5)c5cccc(-c6cc(-c7cccc8c7oc7ccccc78)nc7c6ccc6c(-c8ccccc8)cc(-c8ccccn8)nc67)c5)c4)cc(-c4cccc5c4oc4ccccc45)nc23)cc1. The molecule has 0 unspecified atom stereocenters. The summed E-state index contributed by atoms with van der Waals surface area (Å²) in [7, 11) is -3.40. The molecule has 0 saturated heterocycles. The minimum atomic E-state index is -3.40. The average molecular weight is 1330 g/mol. The number of rotatable bonds is 12. The van der Waals surface area contributed by atoms with Gasteiger partial charge in [0.2, 0.25) is 0 Å². The van der Waals surface area contributed by atoms with E-state index in [1.54, 1.807) is 0 Å². The van der Waals surface area contributed by atoms with Crippen molar-refractivity contribution in [3.05, 3.63) is 352 Å². The van der Waals surface area contributed by atoms with Crippen molar-refractivity contribution < 1.29 is 8.83 Å². The molecule has 0 aliphatic rings. The molecule has 0 N–H and O–H groups in total. The van der Waals surface area contributed by atoms with Crippen LogP contribution >= 0.6 is 0 Å². The molecule has 0 amide bonds. The van der Waals surface area contributed by atoms with Crippen LogP contribution in [-0.4, -0.2) is 38.0 Å². The zero-order chi connectivity index (χ0) is 68.0. The summed E-state index contributed by atoms with van der Waals surface area (Å²) < 4.78 is 13.7. The maximum atomic E-state index is 6.86. The number of benzene rings is 12. The molecule has 20 aromatic rings. The van der Waals surface area contributed by atoms with E-state index in [1.807, 2.05) is 73.1 Å². The first-order valence-corrected chi connectivity index (χ1v) is 36.7. The number of hydrogen-bond donors (Lipinski definition) is 0. The molecule has 480 valence electrons. The van der Waals surface area contributed by atoms with Gasteiger partial charge in [-0.1, -0.05) is 267 Å². The number of furan rings is 2. The summed E-state index contributed by atoms with van der Waals surface area (Å²) in [6.45, 7) is 0. The maximum absolute atomic E-state index is 6.86. The quantitative estimate of drug-likeness (QED) is 0.0677. The molecular weight excluding hydrogens is 1270 g/mol. The summed E-state index contributed by atoms with van der Waals surface area (Å²) in [5.74, 6) is 0. The highest BCUT2D eigenvalue weighted by Gasteiger charge is 2.42. The summed E-state index contributed by atoms with van der Waals surface area (Å²) in [5.41, 5.74) is 21.0. The van der Waals surface area contributed by atoms with Gasteiger partial charge in [-0.05, 0) is 138 Å². The zero-order valence-corrected chi connectivity index (χ0v) is 56.5. The van der Waals surface area contributed by atoms with Gasteiger partial charge in [0.15, 0.2) is 8.07 Å². The molecule has 8 aromatic heterocycles. The lowest BCUT2D eigenvalue weighted by Gasteiger charge is -2.35. The Hall–Kier alpha value is -13.6. The Bertz CT molecular complexity index is 6320. The molecule has 0 saturated carbocycles. The molecule has 9 heteroatoms. The Kier molecular flexibility index (Phi) is 14.1. The van der Waals surface area contributed by atoms with Crippen LogP contribution in [0.2, 0.25) is 0 Å². The summed E-state index contributed by atoms with van der Waals surface area (Å²) in [6, 6.07) is 121. The van der Waals surface area contributed by atoms with Crippen LogP contribution < -0.4 is 20.7 Å². The van der Waals surface area contributed by atoms with Gasteiger partial charge in [0.1, 0.15) is 22.3 Å². The highest BCUT2D eigenvalue weighted by atomic mass is 28.3. The maximum Gasteiger partial charge on any atom is 0.179 e. The zero-order valence-electron chi connectivity index (χ0n) is 55.5. The fourth-order valence-corrected chi connectivity index (χ4v) is 20.6. The second kappa shape index (κ2) is 24.4. The van der Waals surface area contributed by atoms with E-state index in [0.717, 1.165) is 177 Å². The van der Waals surface area contributed by atoms with Gasteiger partial charge >= 0.3 is 0 Å². The van der Waals surface area contributed by atoms with Gasteiger partial charge in [0, 0.05) is 66.6 Å². The summed E-state index contributed by atoms with van der Waals surface area (Å²) in [4.78, 5) is 32.5. The number of para-hydroxylation sites is 4. The van der Waals surface area contributed by atoms with Gasteiger partial charge in [-0.25, -0.2) is 19.9 Å². The average Bonchev–Trinajstić information content (AvgIpc) is 1.27. The van der Waals surface area contributed by atoms with E-state index < -0.39 is 8.07 Å². The highest BCUT2D eigenvalue weighted by Crippen LogP contribution is 2.45. The van der Waals surface area contributed by atoms with E-state index >= 15 is 0 Å². The number of fused-ring (bicyclic) bond motifs is 12. The monoisotopic (exact) mass is 1330 g/mol. The van der Waals surface area contributed by atoms with Gasteiger partial charge in [-0.3, -0.25) is 9.97 Å². The first kappa shape index (κ1) is 59.5. The summed E-state index contributed by atoms with van der Waals surface area (Å²) in [5, 5.41) is 12.9. The second-order valence-electron chi connectivity index (χ2n) is 26.3. The lowest BCUT2D eigenvalue weighted by atomic mass is 9.94. The molecule has 8 nitrogen and oxygen atoms in total. The Balaban J connectivity index is 0.847. The summed E-state index contributed by atoms with van der Waals surface area (Å²) in [6.07, 6.45) is 3.66. The van der Waals surface area contributed by atoms with E-state index in [0.29, 0.717) is 0 Å². The first-order valence-electron chi connectivity index (χ1n) is 34.7. The molecule has 103 heavy (non-hydrogen) atoms. The molecular formula is C94H58N6O2Si. The van der Waals surface area contributed by atoms with Crippen LogP contribution in [0.4, 0.5) is 0 Å².